The molecule has 1 aromatic rings. The highest BCUT2D eigenvalue weighted by Gasteiger charge is 2.16. The third kappa shape index (κ3) is 4.76. The molecule has 1 N–H and O–H groups in total. The summed E-state index contributed by atoms with van der Waals surface area (Å²) in [4.78, 5) is 0. The summed E-state index contributed by atoms with van der Waals surface area (Å²) in [5, 5.41) is 3.19. The highest BCUT2D eigenvalue weighted by molar-refractivity contribution is 5.29. The average Bonchev–Trinajstić information content (AvgIpc) is 2.96. The molecule has 0 amide bonds. The highest BCUT2D eigenvalue weighted by atomic mass is 19.1. The van der Waals surface area contributed by atoms with Gasteiger partial charge < -0.3 is 14.8 Å². The summed E-state index contributed by atoms with van der Waals surface area (Å²) in [6, 6.07) is 5.19. The van der Waals surface area contributed by atoms with Crippen molar-refractivity contribution in [3.05, 3.63) is 29.6 Å². The van der Waals surface area contributed by atoms with E-state index in [-0.39, 0.29) is 5.82 Å². The SMILES string of the molecule is COCCNCc1ccc(OCC2CCCC2)c(F)c1. The van der Waals surface area contributed by atoms with Gasteiger partial charge in [0.1, 0.15) is 0 Å². The molecule has 0 radical (unpaired) electrons. The molecule has 0 saturated heterocycles. The molecular formula is C16H24FNO2. The maximum atomic E-state index is 13.9. The first-order valence-electron chi connectivity index (χ1n) is 7.40. The molecule has 0 unspecified atom stereocenters. The Kier molecular flexibility index (Phi) is 6.27. The lowest BCUT2D eigenvalue weighted by molar-refractivity contribution is 0.199. The fourth-order valence-corrected chi connectivity index (χ4v) is 2.56. The normalized spacial score (nSPS) is 15.7. The van der Waals surface area contributed by atoms with Gasteiger partial charge in [0, 0.05) is 20.2 Å². The number of nitrogens with one attached hydrogen (secondary N) is 1. The van der Waals surface area contributed by atoms with Crippen molar-refractivity contribution in [1.82, 2.24) is 5.32 Å². The maximum absolute atomic E-state index is 13.9. The van der Waals surface area contributed by atoms with E-state index in [0.29, 0.717) is 31.4 Å². The molecule has 20 heavy (non-hydrogen) atoms. The molecule has 0 aromatic heterocycles. The second-order valence-electron chi connectivity index (χ2n) is 5.40. The first kappa shape index (κ1) is 15.3. The molecule has 0 aliphatic heterocycles. The van der Waals surface area contributed by atoms with Crippen LogP contribution in [0.5, 0.6) is 5.75 Å². The number of ether oxygens (including phenoxy) is 2. The molecule has 1 aliphatic rings. The van der Waals surface area contributed by atoms with Crippen molar-refractivity contribution in [1.29, 1.82) is 0 Å². The summed E-state index contributed by atoms with van der Waals surface area (Å²) < 4.78 is 24.5. The van der Waals surface area contributed by atoms with Crippen LogP contribution in [0, 0.1) is 11.7 Å². The molecule has 1 saturated carbocycles. The smallest absolute Gasteiger partial charge is 0.165 e. The van der Waals surface area contributed by atoms with Crippen molar-refractivity contribution in [2.45, 2.75) is 32.2 Å². The van der Waals surface area contributed by atoms with Crippen LogP contribution < -0.4 is 10.1 Å². The molecule has 0 atom stereocenters. The van der Waals surface area contributed by atoms with E-state index in [2.05, 4.69) is 5.32 Å². The lowest BCUT2D eigenvalue weighted by Gasteiger charge is -2.12. The Morgan fingerprint density at radius 3 is 2.80 bits per heavy atom. The Labute approximate surface area is 120 Å². The Morgan fingerprint density at radius 2 is 2.10 bits per heavy atom. The Bertz CT molecular complexity index is 405. The van der Waals surface area contributed by atoms with E-state index in [1.54, 1.807) is 19.2 Å². The van der Waals surface area contributed by atoms with E-state index < -0.39 is 0 Å². The van der Waals surface area contributed by atoms with Crippen LogP contribution in [0.25, 0.3) is 0 Å². The van der Waals surface area contributed by atoms with Crippen LogP contribution in [0.4, 0.5) is 4.39 Å². The molecule has 1 aromatic carbocycles. The van der Waals surface area contributed by atoms with E-state index in [4.69, 9.17) is 9.47 Å². The van der Waals surface area contributed by atoms with Crippen molar-refractivity contribution < 1.29 is 13.9 Å². The van der Waals surface area contributed by atoms with Gasteiger partial charge in [0.2, 0.25) is 0 Å². The number of halogens is 1. The van der Waals surface area contributed by atoms with E-state index in [9.17, 15) is 4.39 Å². The summed E-state index contributed by atoms with van der Waals surface area (Å²) in [6.07, 6.45) is 4.98. The van der Waals surface area contributed by atoms with Gasteiger partial charge in [-0.15, -0.1) is 0 Å². The second-order valence-corrected chi connectivity index (χ2v) is 5.40. The van der Waals surface area contributed by atoms with Crippen LogP contribution in [0.15, 0.2) is 18.2 Å². The zero-order chi connectivity index (χ0) is 14.2. The number of hydrogen-bond acceptors (Lipinski definition) is 3. The van der Waals surface area contributed by atoms with Gasteiger partial charge in [0.25, 0.3) is 0 Å². The fourth-order valence-electron chi connectivity index (χ4n) is 2.56. The minimum Gasteiger partial charge on any atom is -0.490 e. The topological polar surface area (TPSA) is 30.5 Å². The van der Waals surface area contributed by atoms with Crippen LogP contribution in [0.2, 0.25) is 0 Å². The molecule has 0 heterocycles. The average molecular weight is 281 g/mol. The highest BCUT2D eigenvalue weighted by Crippen LogP contribution is 2.26. The van der Waals surface area contributed by atoms with Crippen LogP contribution in [0.3, 0.4) is 0 Å². The first-order valence-corrected chi connectivity index (χ1v) is 7.40. The van der Waals surface area contributed by atoms with Crippen LogP contribution in [-0.4, -0.2) is 26.9 Å². The number of rotatable bonds is 8. The number of hydrogen-bond donors (Lipinski definition) is 1. The van der Waals surface area contributed by atoms with Crippen molar-refractivity contribution in [2.75, 3.05) is 26.9 Å². The summed E-state index contributed by atoms with van der Waals surface area (Å²) >= 11 is 0. The maximum Gasteiger partial charge on any atom is 0.165 e. The third-order valence-electron chi connectivity index (χ3n) is 3.76. The fraction of sp³-hybridized carbons (Fsp3) is 0.625. The number of methoxy groups -OCH3 is 1. The molecular weight excluding hydrogens is 257 g/mol. The van der Waals surface area contributed by atoms with E-state index >= 15 is 0 Å². The lowest BCUT2D eigenvalue weighted by Crippen LogP contribution is -2.18. The van der Waals surface area contributed by atoms with Gasteiger partial charge in [-0.05, 0) is 36.5 Å². The third-order valence-corrected chi connectivity index (χ3v) is 3.76. The van der Waals surface area contributed by atoms with Gasteiger partial charge in [-0.2, -0.15) is 0 Å². The molecule has 1 fully saturated rings. The summed E-state index contributed by atoms with van der Waals surface area (Å²) in [5.74, 6) is 0.705. The van der Waals surface area contributed by atoms with Gasteiger partial charge in [-0.1, -0.05) is 18.9 Å². The monoisotopic (exact) mass is 281 g/mol. The largest absolute Gasteiger partial charge is 0.490 e. The van der Waals surface area contributed by atoms with E-state index in [0.717, 1.165) is 12.1 Å². The lowest BCUT2D eigenvalue weighted by atomic mass is 10.1. The Morgan fingerprint density at radius 1 is 1.30 bits per heavy atom. The molecule has 3 nitrogen and oxygen atoms in total. The molecule has 112 valence electrons. The van der Waals surface area contributed by atoms with Gasteiger partial charge in [-0.25, -0.2) is 4.39 Å². The van der Waals surface area contributed by atoms with Crippen molar-refractivity contribution in [2.24, 2.45) is 5.92 Å². The minimum absolute atomic E-state index is 0.269. The Balaban J connectivity index is 1.78. The molecule has 1 aliphatic carbocycles. The van der Waals surface area contributed by atoms with Crippen LogP contribution in [0.1, 0.15) is 31.2 Å². The molecule has 4 heteroatoms. The second kappa shape index (κ2) is 8.22. The van der Waals surface area contributed by atoms with E-state index in [1.807, 2.05) is 6.07 Å². The summed E-state index contributed by atoms with van der Waals surface area (Å²) in [7, 11) is 1.66. The van der Waals surface area contributed by atoms with Crippen molar-refractivity contribution in [3.63, 3.8) is 0 Å². The zero-order valence-electron chi connectivity index (χ0n) is 12.2. The molecule has 0 bridgehead atoms. The van der Waals surface area contributed by atoms with Gasteiger partial charge >= 0.3 is 0 Å². The van der Waals surface area contributed by atoms with Gasteiger partial charge in [0.15, 0.2) is 11.6 Å². The minimum atomic E-state index is -0.269. The van der Waals surface area contributed by atoms with Crippen LogP contribution >= 0.6 is 0 Å². The van der Waals surface area contributed by atoms with Gasteiger partial charge in [0.05, 0.1) is 13.2 Å². The predicted molar refractivity (Wildman–Crippen MR) is 77.4 cm³/mol. The van der Waals surface area contributed by atoms with Gasteiger partial charge in [-0.3, -0.25) is 0 Å². The molecule has 2 rings (SSSR count). The van der Waals surface area contributed by atoms with Crippen molar-refractivity contribution in [3.8, 4) is 5.75 Å². The predicted octanol–water partition coefficient (Wildman–Crippen LogP) is 3.13. The zero-order valence-corrected chi connectivity index (χ0v) is 12.2. The Hall–Kier alpha value is -1.13. The number of benzene rings is 1. The standard InChI is InChI=1S/C16H24FNO2/c1-19-9-8-18-11-14-6-7-16(15(17)10-14)20-12-13-4-2-3-5-13/h6-7,10,13,18H,2-5,8-9,11-12H2,1H3. The quantitative estimate of drug-likeness (QED) is 0.743. The van der Waals surface area contributed by atoms with E-state index in [1.165, 1.54) is 25.7 Å². The summed E-state index contributed by atoms with van der Waals surface area (Å²) in [6.45, 7) is 2.70. The van der Waals surface area contributed by atoms with Crippen LogP contribution in [-0.2, 0) is 11.3 Å². The van der Waals surface area contributed by atoms with Crippen molar-refractivity contribution >= 4 is 0 Å². The molecule has 0 spiro atoms. The summed E-state index contributed by atoms with van der Waals surface area (Å²) in [5.41, 5.74) is 0.923. The first-order chi connectivity index (χ1) is 9.79.